The van der Waals surface area contributed by atoms with Crippen LogP contribution in [0.15, 0.2) is 65.2 Å². The number of allylic oxidation sites excluding steroid dienone is 8. The predicted octanol–water partition coefficient (Wildman–Crippen LogP) is 11.9. The zero-order valence-electron chi connectivity index (χ0n) is 39.7. The first-order valence-electron chi connectivity index (χ1n) is 23.5. The van der Waals surface area contributed by atoms with Gasteiger partial charge in [-0.25, -0.2) is 4.57 Å². The first-order valence-corrected chi connectivity index (χ1v) is 25.0. The predicted molar refractivity (Wildman–Crippen MR) is 252 cm³/mol. The molecule has 0 aliphatic carbocycles. The number of rotatable bonds is 38. The molecule has 0 spiro atoms. The van der Waals surface area contributed by atoms with Crippen molar-refractivity contribution in [3.63, 3.8) is 0 Å². The van der Waals surface area contributed by atoms with Gasteiger partial charge in [-0.2, -0.15) is 0 Å². The second kappa shape index (κ2) is 35.3. The minimum atomic E-state index is -4.42. The van der Waals surface area contributed by atoms with Crippen molar-refractivity contribution in [3.8, 4) is 0 Å². The summed E-state index contributed by atoms with van der Waals surface area (Å²) in [5.74, 6) is 1.39. The number of carbonyl (C=O) groups excluding carboxylic acids is 2. The highest BCUT2D eigenvalue weighted by atomic mass is 31.2. The molecule has 3 atom stereocenters. The average Bonchev–Trinajstić information content (AvgIpc) is 3.48. The molecule has 1 heterocycles. The number of nitrogens with zero attached hydrogens (tertiary/aromatic N) is 1. The molecule has 0 saturated carbocycles. The topological polar surface area (TPSA) is 142 Å². The molecule has 62 heavy (non-hydrogen) atoms. The van der Waals surface area contributed by atoms with Gasteiger partial charge in [0, 0.05) is 25.7 Å². The Hall–Kier alpha value is -3.05. The van der Waals surface area contributed by atoms with Gasteiger partial charge in [-0.1, -0.05) is 126 Å². The average molecular weight is 891 g/mol. The number of ether oxygens (including phenoxy) is 2. The van der Waals surface area contributed by atoms with Crippen molar-refractivity contribution in [2.24, 2.45) is 0 Å². The van der Waals surface area contributed by atoms with Crippen LogP contribution in [0.2, 0.25) is 0 Å². The van der Waals surface area contributed by atoms with Crippen molar-refractivity contribution in [2.75, 3.05) is 47.5 Å². The van der Waals surface area contributed by atoms with E-state index in [1.807, 2.05) is 57.6 Å². The number of phosphoric ester groups is 1. The number of unbranched alkanes of at least 4 members (excludes halogenated alkanes) is 10. The van der Waals surface area contributed by atoms with Crippen LogP contribution in [0.4, 0.5) is 0 Å². The van der Waals surface area contributed by atoms with Gasteiger partial charge in [0.2, 0.25) is 0 Å². The largest absolute Gasteiger partial charge is 0.472 e. The molecule has 2 unspecified atom stereocenters. The molecule has 12 heteroatoms. The van der Waals surface area contributed by atoms with Crippen LogP contribution < -0.4 is 0 Å². The summed E-state index contributed by atoms with van der Waals surface area (Å²) in [5, 5.41) is 10.0. The van der Waals surface area contributed by atoms with Gasteiger partial charge >= 0.3 is 19.8 Å². The van der Waals surface area contributed by atoms with E-state index in [4.69, 9.17) is 22.9 Å². The summed E-state index contributed by atoms with van der Waals surface area (Å²) >= 11 is 0. The van der Waals surface area contributed by atoms with Gasteiger partial charge < -0.3 is 28.4 Å². The maximum absolute atomic E-state index is 12.7. The molecule has 0 fully saturated rings. The molecule has 1 aromatic heterocycles. The molecule has 0 radical (unpaired) electrons. The molecule has 0 aliphatic rings. The highest BCUT2D eigenvalue weighted by Gasteiger charge is 2.27. The lowest BCUT2D eigenvalue weighted by Crippen LogP contribution is -2.37. The fourth-order valence-corrected chi connectivity index (χ4v) is 7.11. The van der Waals surface area contributed by atoms with Crippen molar-refractivity contribution in [2.45, 2.75) is 175 Å². The summed E-state index contributed by atoms with van der Waals surface area (Å²) in [5.41, 5.74) is 2.65. The van der Waals surface area contributed by atoms with E-state index in [-0.39, 0.29) is 26.1 Å². The highest BCUT2D eigenvalue weighted by molar-refractivity contribution is 7.47. The number of esters is 2. The van der Waals surface area contributed by atoms with Gasteiger partial charge in [-0.3, -0.25) is 18.6 Å². The van der Waals surface area contributed by atoms with Crippen LogP contribution in [0.5, 0.6) is 0 Å². The molecule has 2 N–H and O–H groups in total. The number of likely N-dealkylation sites (N-methyl/N-ethyl adjacent to an activating group) is 1. The summed E-state index contributed by atoms with van der Waals surface area (Å²) in [6.45, 7) is 8.44. The first-order chi connectivity index (χ1) is 29.7. The number of hydrogen-bond acceptors (Lipinski definition) is 9. The Balaban J connectivity index is 2.41. The Morgan fingerprint density at radius 3 is 1.97 bits per heavy atom. The maximum Gasteiger partial charge on any atom is 0.472 e. The summed E-state index contributed by atoms with van der Waals surface area (Å²) in [7, 11) is 1.37. The Morgan fingerprint density at radius 2 is 1.31 bits per heavy atom. The number of aliphatic hydroxyl groups excluding tert-OH is 1. The first kappa shape index (κ1) is 57.0. The van der Waals surface area contributed by atoms with Crippen molar-refractivity contribution in [1.82, 2.24) is 0 Å². The standard InChI is InChI=1S/C50H84NO10P/c1-8-10-12-13-22-28-33-45(52)34-29-23-18-14-16-21-26-32-38-50(54)60-46(42-59-62(55,56)58-40-39-51(5,6)7)41-57-49(53)37-31-25-20-17-15-19-24-30-36-48-44(4)43(3)47(61-48)35-27-11-9-2/h10,12,16,18,21-23,28-29,34,45-46,52H,8-9,11,13-15,17,19-20,24-27,30-33,35-42H2,1-7H3/p+1/b12-10-,21-16-,23-18-,28-22-,34-29+/t45?,46-/m1/s1. The monoisotopic (exact) mass is 891 g/mol. The lowest BCUT2D eigenvalue weighted by Gasteiger charge is -2.24. The molecule has 0 aromatic carbocycles. The Kier molecular flexibility index (Phi) is 32.5. The normalized spacial score (nSPS) is 14.5. The number of furan rings is 1. The summed E-state index contributed by atoms with van der Waals surface area (Å²) in [6, 6.07) is 0. The number of aryl methyl sites for hydroxylation is 2. The van der Waals surface area contributed by atoms with Crippen LogP contribution >= 0.6 is 7.82 Å². The van der Waals surface area contributed by atoms with E-state index in [1.165, 1.54) is 49.0 Å². The van der Waals surface area contributed by atoms with Gasteiger partial charge in [0.05, 0.1) is 33.9 Å². The van der Waals surface area contributed by atoms with Gasteiger partial charge in [0.25, 0.3) is 0 Å². The number of quaternary nitrogens is 1. The molecular formula is C50H85NO10P+. The van der Waals surface area contributed by atoms with Crippen LogP contribution in [-0.2, 0) is 45.5 Å². The van der Waals surface area contributed by atoms with Gasteiger partial charge in [0.15, 0.2) is 6.10 Å². The molecule has 0 bridgehead atoms. The second-order valence-corrected chi connectivity index (χ2v) is 18.6. The Morgan fingerprint density at radius 1 is 0.710 bits per heavy atom. The van der Waals surface area contributed by atoms with Gasteiger partial charge in [-0.15, -0.1) is 0 Å². The van der Waals surface area contributed by atoms with Crippen molar-refractivity contribution in [1.29, 1.82) is 0 Å². The van der Waals surface area contributed by atoms with Gasteiger partial charge in [-0.05, 0) is 82.8 Å². The zero-order chi connectivity index (χ0) is 45.9. The van der Waals surface area contributed by atoms with Crippen LogP contribution in [0.1, 0.15) is 158 Å². The highest BCUT2D eigenvalue weighted by Crippen LogP contribution is 2.43. The van der Waals surface area contributed by atoms with Crippen molar-refractivity contribution >= 4 is 19.8 Å². The van der Waals surface area contributed by atoms with Crippen LogP contribution in [0, 0.1) is 13.8 Å². The smallest absolute Gasteiger partial charge is 0.466 e. The number of phosphoric acid groups is 1. The molecule has 0 amide bonds. The summed E-state index contributed by atoms with van der Waals surface area (Å²) in [6.07, 6.45) is 37.0. The van der Waals surface area contributed by atoms with E-state index in [9.17, 15) is 24.2 Å². The minimum Gasteiger partial charge on any atom is -0.466 e. The van der Waals surface area contributed by atoms with Gasteiger partial charge in [0.1, 0.15) is 31.3 Å². The molecule has 0 saturated heterocycles. The number of aliphatic hydroxyl groups is 1. The van der Waals surface area contributed by atoms with Crippen LogP contribution in [-0.4, -0.2) is 86.1 Å². The third-order valence-electron chi connectivity index (χ3n) is 10.3. The van der Waals surface area contributed by atoms with E-state index >= 15 is 0 Å². The number of hydrogen-bond donors (Lipinski definition) is 2. The van der Waals surface area contributed by atoms with E-state index in [0.29, 0.717) is 43.1 Å². The fourth-order valence-electron chi connectivity index (χ4n) is 6.37. The minimum absolute atomic E-state index is 0.000540. The van der Waals surface area contributed by atoms with E-state index in [1.54, 1.807) is 6.08 Å². The van der Waals surface area contributed by atoms with Crippen LogP contribution in [0.3, 0.4) is 0 Å². The lowest BCUT2D eigenvalue weighted by molar-refractivity contribution is -0.870. The lowest BCUT2D eigenvalue weighted by atomic mass is 10.0. The van der Waals surface area contributed by atoms with E-state index < -0.39 is 38.6 Å². The van der Waals surface area contributed by atoms with E-state index in [0.717, 1.165) is 63.5 Å². The second-order valence-electron chi connectivity index (χ2n) is 17.2. The molecule has 354 valence electrons. The summed E-state index contributed by atoms with van der Waals surface area (Å²) in [4.78, 5) is 35.5. The molecule has 11 nitrogen and oxygen atoms in total. The molecule has 1 aromatic rings. The zero-order valence-corrected chi connectivity index (χ0v) is 40.6. The van der Waals surface area contributed by atoms with Crippen LogP contribution in [0.25, 0.3) is 0 Å². The third kappa shape index (κ3) is 31.7. The third-order valence-corrected chi connectivity index (χ3v) is 11.3. The Labute approximate surface area is 375 Å². The van der Waals surface area contributed by atoms with Crippen molar-refractivity contribution < 1.29 is 51.6 Å². The fraction of sp³-hybridized carbons (Fsp3) is 0.680. The molecule has 1 rings (SSSR count). The van der Waals surface area contributed by atoms with Crippen molar-refractivity contribution in [3.05, 3.63) is 83.4 Å². The molecular weight excluding hydrogens is 806 g/mol. The summed E-state index contributed by atoms with van der Waals surface area (Å²) < 4.78 is 40.5. The Bertz CT molecular complexity index is 1540. The van der Waals surface area contributed by atoms with E-state index in [2.05, 4.69) is 45.9 Å². The SMILES string of the molecule is CC/C=C\C/C=C\CC(O)/C=C/C=C\C/C=C\CCCC(=O)O[C@H](COC(=O)CCCCCCCCCCc1oc(CCCCC)c(C)c1C)COP(=O)(O)OCC[N+](C)(C)C. The number of carbonyl (C=O) groups is 2. The maximum atomic E-state index is 12.7. The molecule has 0 aliphatic heterocycles. The quantitative estimate of drug-likeness (QED) is 0.0165.